The maximum atomic E-state index is 11.2. The molecule has 0 heterocycles. The monoisotopic (exact) mass is 196 g/mol. The second-order valence-corrected chi connectivity index (χ2v) is 11.3. The third-order valence-electron chi connectivity index (χ3n) is 3.80. The van der Waals surface area contributed by atoms with Crippen molar-refractivity contribution in [2.75, 3.05) is 0 Å². The van der Waals surface area contributed by atoms with Crippen LogP contribution in [-0.4, -0.2) is 13.9 Å². The summed E-state index contributed by atoms with van der Waals surface area (Å²) in [6, 6.07) is 0. The molecule has 13 heavy (non-hydrogen) atoms. The molecule has 1 rings (SSSR count). The van der Waals surface area contributed by atoms with E-state index in [1.807, 2.05) is 0 Å². The van der Waals surface area contributed by atoms with Crippen molar-refractivity contribution in [3.63, 3.8) is 0 Å². The molecule has 0 aromatic heterocycles. The van der Waals surface area contributed by atoms with E-state index >= 15 is 0 Å². The van der Waals surface area contributed by atoms with Crippen LogP contribution in [0.1, 0.15) is 27.2 Å². The highest BCUT2D eigenvalue weighted by Crippen LogP contribution is 2.46. The lowest BCUT2D eigenvalue weighted by Gasteiger charge is -2.41. The Morgan fingerprint density at radius 3 is 2.23 bits per heavy atom. The molecular formula is C11H20OSi. The van der Waals surface area contributed by atoms with Gasteiger partial charge in [-0.15, -0.1) is 0 Å². The molecule has 0 saturated carbocycles. The molecular weight excluding hydrogens is 176 g/mol. The molecule has 0 fully saturated rings. The quantitative estimate of drug-likeness (QED) is 0.587. The first kappa shape index (κ1) is 10.7. The van der Waals surface area contributed by atoms with Crippen LogP contribution in [0.4, 0.5) is 0 Å². The number of ketones is 1. The maximum Gasteiger partial charge on any atom is 0.155 e. The van der Waals surface area contributed by atoms with Gasteiger partial charge in [-0.1, -0.05) is 39.9 Å². The highest BCUT2D eigenvalue weighted by Gasteiger charge is 2.42. The lowest BCUT2D eigenvalue weighted by molar-refractivity contribution is -0.114. The van der Waals surface area contributed by atoms with E-state index in [1.165, 1.54) is 0 Å². The average Bonchev–Trinajstić information content (AvgIpc) is 2.33. The zero-order valence-electron chi connectivity index (χ0n) is 9.35. The van der Waals surface area contributed by atoms with Gasteiger partial charge >= 0.3 is 0 Å². The molecule has 1 atom stereocenters. The van der Waals surface area contributed by atoms with Crippen LogP contribution in [0, 0.1) is 0 Å². The lowest BCUT2D eigenvalue weighted by atomic mass is 10.2. The van der Waals surface area contributed by atoms with Crippen molar-refractivity contribution < 1.29 is 4.79 Å². The first-order valence-electron chi connectivity index (χ1n) is 4.96. The molecule has 0 saturated heterocycles. The van der Waals surface area contributed by atoms with Crippen LogP contribution in [0.5, 0.6) is 0 Å². The van der Waals surface area contributed by atoms with Gasteiger partial charge in [0.05, 0.1) is 8.07 Å². The minimum atomic E-state index is -1.32. The second kappa shape index (κ2) is 3.09. The number of hydrogen-bond acceptors (Lipinski definition) is 1. The van der Waals surface area contributed by atoms with Crippen LogP contribution in [0.3, 0.4) is 0 Å². The summed E-state index contributed by atoms with van der Waals surface area (Å²) in [5.41, 5.74) is 0.556. The molecule has 0 bridgehead atoms. The van der Waals surface area contributed by atoms with Crippen LogP contribution in [0.2, 0.25) is 23.7 Å². The van der Waals surface area contributed by atoms with Gasteiger partial charge in [0, 0.05) is 6.42 Å². The van der Waals surface area contributed by atoms with E-state index in [1.54, 1.807) is 6.08 Å². The molecule has 0 spiro atoms. The topological polar surface area (TPSA) is 17.1 Å². The Labute approximate surface area is 82.2 Å². The van der Waals surface area contributed by atoms with Gasteiger partial charge in [0.1, 0.15) is 0 Å². The van der Waals surface area contributed by atoms with Gasteiger partial charge < -0.3 is 0 Å². The Morgan fingerprint density at radius 2 is 1.92 bits per heavy atom. The van der Waals surface area contributed by atoms with Crippen LogP contribution >= 0.6 is 0 Å². The van der Waals surface area contributed by atoms with E-state index in [9.17, 15) is 4.79 Å². The van der Waals surface area contributed by atoms with Crippen molar-refractivity contribution in [2.24, 2.45) is 0 Å². The molecule has 0 aliphatic heterocycles. The molecule has 0 unspecified atom stereocenters. The molecule has 0 radical (unpaired) electrons. The van der Waals surface area contributed by atoms with Gasteiger partial charge in [0.25, 0.3) is 0 Å². The summed E-state index contributed by atoms with van der Waals surface area (Å²) in [4.78, 5) is 11.2. The largest absolute Gasteiger partial charge is 0.295 e. The second-order valence-electron chi connectivity index (χ2n) is 5.61. The van der Waals surface area contributed by atoms with E-state index in [4.69, 9.17) is 0 Å². The van der Waals surface area contributed by atoms with Crippen LogP contribution in [0.15, 0.2) is 12.2 Å². The van der Waals surface area contributed by atoms with Crippen molar-refractivity contribution in [3.05, 3.63) is 12.2 Å². The Balaban J connectivity index is 2.83. The van der Waals surface area contributed by atoms with E-state index < -0.39 is 8.07 Å². The van der Waals surface area contributed by atoms with Crippen molar-refractivity contribution in [1.82, 2.24) is 0 Å². The summed E-state index contributed by atoms with van der Waals surface area (Å²) < 4.78 is 0. The molecule has 1 nitrogen and oxygen atoms in total. The van der Waals surface area contributed by atoms with Crippen molar-refractivity contribution in [1.29, 1.82) is 0 Å². The summed E-state index contributed by atoms with van der Waals surface area (Å²) in [6.07, 6.45) is 4.67. The zero-order valence-corrected chi connectivity index (χ0v) is 10.3. The van der Waals surface area contributed by atoms with E-state index in [0.29, 0.717) is 16.4 Å². The molecule has 0 aromatic carbocycles. The van der Waals surface area contributed by atoms with Gasteiger partial charge in [0.2, 0.25) is 0 Å². The first-order chi connectivity index (χ1) is 5.75. The molecule has 0 aromatic rings. The number of carbonyl (C=O) groups is 1. The third kappa shape index (κ3) is 1.93. The van der Waals surface area contributed by atoms with E-state index in [-0.39, 0.29) is 0 Å². The van der Waals surface area contributed by atoms with Crippen LogP contribution in [-0.2, 0) is 4.79 Å². The van der Waals surface area contributed by atoms with Gasteiger partial charge in [0.15, 0.2) is 5.78 Å². The zero-order chi connectivity index (χ0) is 10.3. The summed E-state index contributed by atoms with van der Waals surface area (Å²) in [6.45, 7) is 11.7. The number of hydrogen-bond donors (Lipinski definition) is 0. The fourth-order valence-corrected chi connectivity index (χ4v) is 4.03. The summed E-state index contributed by atoms with van der Waals surface area (Å²) in [5, 5.41) is 0.382. The SMILES string of the molecule is CC(C)(C)[Si](C)(C)[C@H]1C=CC(=O)C1. The Kier molecular flexibility index (Phi) is 2.54. The minimum absolute atomic E-state index is 0.315. The molecule has 0 N–H and O–H groups in total. The van der Waals surface area contributed by atoms with Gasteiger partial charge in [-0.05, 0) is 16.7 Å². The van der Waals surface area contributed by atoms with Crippen molar-refractivity contribution in [3.8, 4) is 0 Å². The Bertz CT molecular complexity index is 245. The third-order valence-corrected chi connectivity index (χ3v) is 9.91. The molecule has 0 amide bonds. The maximum absolute atomic E-state index is 11.2. The molecule has 2 heteroatoms. The molecule has 74 valence electrons. The molecule has 1 aliphatic carbocycles. The first-order valence-corrected chi connectivity index (χ1v) is 8.04. The number of carbonyl (C=O) groups excluding carboxylic acids is 1. The predicted octanol–water partition coefficient (Wildman–Crippen LogP) is 3.39. The van der Waals surface area contributed by atoms with Crippen molar-refractivity contribution >= 4 is 13.9 Å². The van der Waals surface area contributed by atoms with E-state index in [0.717, 1.165) is 6.42 Å². The Hall–Kier alpha value is -0.373. The number of rotatable bonds is 1. The fraction of sp³-hybridized carbons (Fsp3) is 0.727. The standard InChI is InChI=1S/C11H20OSi/c1-11(2,3)13(4,5)10-7-6-9(12)8-10/h6-7,10H,8H2,1-5H3/t10-/m0/s1. The van der Waals surface area contributed by atoms with Gasteiger partial charge in [-0.2, -0.15) is 0 Å². The highest BCUT2D eigenvalue weighted by atomic mass is 28.3. The summed E-state index contributed by atoms with van der Waals surface area (Å²) in [7, 11) is -1.32. The minimum Gasteiger partial charge on any atom is -0.295 e. The van der Waals surface area contributed by atoms with Gasteiger partial charge in [-0.25, -0.2) is 0 Å². The van der Waals surface area contributed by atoms with Crippen LogP contribution in [0.25, 0.3) is 0 Å². The van der Waals surface area contributed by atoms with Crippen molar-refractivity contribution in [2.45, 2.75) is 50.9 Å². The normalized spacial score (nSPS) is 24.1. The fourth-order valence-electron chi connectivity index (χ4n) is 1.63. The smallest absolute Gasteiger partial charge is 0.155 e. The van der Waals surface area contributed by atoms with Crippen LogP contribution < -0.4 is 0 Å². The summed E-state index contributed by atoms with van der Waals surface area (Å²) in [5.74, 6) is 0.315. The van der Waals surface area contributed by atoms with Gasteiger partial charge in [-0.3, -0.25) is 4.79 Å². The summed E-state index contributed by atoms with van der Waals surface area (Å²) >= 11 is 0. The number of allylic oxidation sites excluding steroid dienone is 2. The Morgan fingerprint density at radius 1 is 1.38 bits per heavy atom. The molecule has 1 aliphatic rings. The van der Waals surface area contributed by atoms with E-state index in [2.05, 4.69) is 39.9 Å². The highest BCUT2D eigenvalue weighted by molar-refractivity contribution is 6.82. The predicted molar refractivity (Wildman–Crippen MR) is 59.7 cm³/mol. The lowest BCUT2D eigenvalue weighted by Crippen LogP contribution is -2.41. The average molecular weight is 196 g/mol.